The molecule has 1 aromatic carbocycles. The molecule has 0 aromatic heterocycles. The highest BCUT2D eigenvalue weighted by Crippen LogP contribution is 2.07. The van der Waals surface area contributed by atoms with Gasteiger partial charge in [-0.05, 0) is 5.56 Å². The van der Waals surface area contributed by atoms with Gasteiger partial charge in [0.1, 0.15) is 6.61 Å². The quantitative estimate of drug-likeness (QED) is 0.433. The number of thiocarbonyl (C=S) groups is 1. The van der Waals surface area contributed by atoms with Crippen LogP contribution in [0.15, 0.2) is 42.5 Å². The second-order valence-corrected chi connectivity index (χ2v) is 3.36. The number of esters is 1. The number of carbonyl (C=O) groups is 1. The lowest BCUT2D eigenvalue weighted by Crippen LogP contribution is -2.10. The molecule has 0 aliphatic rings. The fraction of sp³-hybridized carbons (Fsp3) is 0.167. The number of ether oxygens (including phenoxy) is 1. The number of rotatable bonds is 5. The SMILES string of the molecule is C=C(Cc1ccccc1)C(=O)OCC=S. The van der Waals surface area contributed by atoms with Gasteiger partial charge in [0.2, 0.25) is 0 Å². The molecule has 0 amide bonds. The van der Waals surface area contributed by atoms with Gasteiger partial charge in [-0.1, -0.05) is 49.1 Å². The lowest BCUT2D eigenvalue weighted by molar-refractivity contribution is -0.137. The van der Waals surface area contributed by atoms with Crippen LogP contribution < -0.4 is 0 Å². The summed E-state index contributed by atoms with van der Waals surface area (Å²) in [6.45, 7) is 3.84. The highest BCUT2D eigenvalue weighted by atomic mass is 32.1. The van der Waals surface area contributed by atoms with Gasteiger partial charge >= 0.3 is 5.97 Å². The largest absolute Gasteiger partial charge is 0.457 e. The van der Waals surface area contributed by atoms with Crippen molar-refractivity contribution in [3.63, 3.8) is 0 Å². The molecule has 0 saturated carbocycles. The Morgan fingerprint density at radius 2 is 2.07 bits per heavy atom. The summed E-state index contributed by atoms with van der Waals surface area (Å²) in [6.07, 6.45) is 0.511. The molecule has 0 aliphatic carbocycles. The van der Waals surface area contributed by atoms with E-state index in [9.17, 15) is 4.79 Å². The lowest BCUT2D eigenvalue weighted by Gasteiger charge is -2.04. The molecule has 0 heterocycles. The summed E-state index contributed by atoms with van der Waals surface area (Å²) in [7, 11) is 0. The molecule has 0 radical (unpaired) electrons. The van der Waals surface area contributed by atoms with Crippen molar-refractivity contribution < 1.29 is 9.53 Å². The number of hydrogen-bond donors (Lipinski definition) is 0. The van der Waals surface area contributed by atoms with Gasteiger partial charge in [0.05, 0.1) is 0 Å². The van der Waals surface area contributed by atoms with Crippen LogP contribution in [0.2, 0.25) is 0 Å². The van der Waals surface area contributed by atoms with Crippen molar-refractivity contribution in [3.8, 4) is 0 Å². The second kappa shape index (κ2) is 6.09. The van der Waals surface area contributed by atoms with E-state index >= 15 is 0 Å². The maximum Gasteiger partial charge on any atom is 0.334 e. The van der Waals surface area contributed by atoms with E-state index in [2.05, 4.69) is 18.8 Å². The Morgan fingerprint density at radius 1 is 1.40 bits per heavy atom. The maximum atomic E-state index is 11.3. The third-order valence-electron chi connectivity index (χ3n) is 1.83. The van der Waals surface area contributed by atoms with Gasteiger partial charge in [-0.15, -0.1) is 0 Å². The van der Waals surface area contributed by atoms with Crippen molar-refractivity contribution in [1.82, 2.24) is 0 Å². The first kappa shape index (κ1) is 11.6. The molecule has 15 heavy (non-hydrogen) atoms. The first-order chi connectivity index (χ1) is 7.24. The monoisotopic (exact) mass is 220 g/mol. The minimum absolute atomic E-state index is 0.155. The topological polar surface area (TPSA) is 26.3 Å². The zero-order valence-corrected chi connectivity index (χ0v) is 9.13. The first-order valence-corrected chi connectivity index (χ1v) is 5.03. The zero-order chi connectivity index (χ0) is 11.1. The standard InChI is InChI=1S/C12H12O2S/c1-10(12(13)14-7-8-15)9-11-5-3-2-4-6-11/h2-6,8H,1,7,9H2. The van der Waals surface area contributed by atoms with Crippen LogP contribution in [0.5, 0.6) is 0 Å². The van der Waals surface area contributed by atoms with Crippen molar-refractivity contribution in [2.45, 2.75) is 6.42 Å². The molecule has 0 fully saturated rings. The van der Waals surface area contributed by atoms with Gasteiger partial charge < -0.3 is 4.74 Å². The van der Waals surface area contributed by atoms with Crippen molar-refractivity contribution >= 4 is 23.6 Å². The van der Waals surface area contributed by atoms with E-state index in [1.807, 2.05) is 30.3 Å². The van der Waals surface area contributed by atoms with E-state index in [4.69, 9.17) is 4.74 Å². The predicted octanol–water partition coefficient (Wildman–Crippen LogP) is 2.33. The van der Waals surface area contributed by atoms with Crippen LogP contribution in [-0.2, 0) is 16.0 Å². The fourth-order valence-corrected chi connectivity index (χ4v) is 1.19. The molecule has 2 nitrogen and oxygen atoms in total. The van der Waals surface area contributed by atoms with Crippen LogP contribution in [0.4, 0.5) is 0 Å². The van der Waals surface area contributed by atoms with Crippen LogP contribution in [0.25, 0.3) is 0 Å². The summed E-state index contributed by atoms with van der Waals surface area (Å²) in [6, 6.07) is 9.65. The van der Waals surface area contributed by atoms with Gasteiger partial charge in [-0.2, -0.15) is 0 Å². The van der Waals surface area contributed by atoms with Crippen LogP contribution in [-0.4, -0.2) is 17.9 Å². The summed E-state index contributed by atoms with van der Waals surface area (Å²) in [4.78, 5) is 11.3. The Bertz CT molecular complexity index is 357. The highest BCUT2D eigenvalue weighted by molar-refractivity contribution is 7.79. The molecular formula is C12H12O2S. The van der Waals surface area contributed by atoms with E-state index < -0.39 is 0 Å². The Morgan fingerprint density at radius 3 is 2.67 bits per heavy atom. The van der Waals surface area contributed by atoms with Gasteiger partial charge in [-0.25, -0.2) is 4.79 Å². The average Bonchev–Trinajstić information content (AvgIpc) is 2.27. The van der Waals surface area contributed by atoms with E-state index in [1.54, 1.807) is 0 Å². The zero-order valence-electron chi connectivity index (χ0n) is 8.31. The number of benzene rings is 1. The highest BCUT2D eigenvalue weighted by Gasteiger charge is 2.07. The molecular weight excluding hydrogens is 208 g/mol. The Labute approximate surface area is 94.6 Å². The summed E-state index contributed by atoms with van der Waals surface area (Å²) in [5.41, 5.74) is 1.49. The first-order valence-electron chi connectivity index (χ1n) is 4.56. The number of carbonyl (C=O) groups excluding carboxylic acids is 1. The van der Waals surface area contributed by atoms with Crippen LogP contribution in [0.1, 0.15) is 5.56 Å². The molecule has 0 N–H and O–H groups in total. The molecule has 0 atom stereocenters. The smallest absolute Gasteiger partial charge is 0.334 e. The average molecular weight is 220 g/mol. The molecule has 0 spiro atoms. The van der Waals surface area contributed by atoms with Gasteiger partial charge in [0.25, 0.3) is 0 Å². The van der Waals surface area contributed by atoms with Crippen molar-refractivity contribution in [2.75, 3.05) is 6.61 Å². The minimum atomic E-state index is -0.389. The van der Waals surface area contributed by atoms with Crippen molar-refractivity contribution in [1.29, 1.82) is 0 Å². The van der Waals surface area contributed by atoms with Crippen LogP contribution in [0.3, 0.4) is 0 Å². The summed E-state index contributed by atoms with van der Waals surface area (Å²) in [5.74, 6) is -0.389. The molecule has 0 aliphatic heterocycles. The molecule has 78 valence electrons. The molecule has 1 rings (SSSR count). The summed E-state index contributed by atoms with van der Waals surface area (Å²) in [5, 5.41) is 1.37. The van der Waals surface area contributed by atoms with Crippen molar-refractivity contribution in [2.24, 2.45) is 0 Å². The van der Waals surface area contributed by atoms with Crippen molar-refractivity contribution in [3.05, 3.63) is 48.0 Å². The second-order valence-electron chi connectivity index (χ2n) is 3.03. The maximum absolute atomic E-state index is 11.3. The van der Waals surface area contributed by atoms with E-state index in [0.29, 0.717) is 12.0 Å². The molecule has 0 bridgehead atoms. The van der Waals surface area contributed by atoms with E-state index in [-0.39, 0.29) is 12.6 Å². The third-order valence-corrected chi connectivity index (χ3v) is 1.97. The Kier molecular flexibility index (Phi) is 4.71. The number of hydrogen-bond acceptors (Lipinski definition) is 3. The molecule has 0 unspecified atom stereocenters. The molecule has 0 saturated heterocycles. The van der Waals surface area contributed by atoms with Gasteiger partial charge in [0, 0.05) is 17.4 Å². The molecule has 3 heteroatoms. The van der Waals surface area contributed by atoms with E-state index in [0.717, 1.165) is 5.56 Å². The fourth-order valence-electron chi connectivity index (χ4n) is 1.13. The normalized spacial score (nSPS) is 9.33. The van der Waals surface area contributed by atoms with Gasteiger partial charge in [-0.3, -0.25) is 0 Å². The van der Waals surface area contributed by atoms with E-state index in [1.165, 1.54) is 5.37 Å². The summed E-state index contributed by atoms with van der Waals surface area (Å²) < 4.78 is 4.83. The van der Waals surface area contributed by atoms with Crippen LogP contribution in [0, 0.1) is 0 Å². The third kappa shape index (κ3) is 4.04. The summed E-state index contributed by atoms with van der Waals surface area (Å²) >= 11 is 4.55. The minimum Gasteiger partial charge on any atom is -0.457 e. The van der Waals surface area contributed by atoms with Crippen LogP contribution >= 0.6 is 12.2 Å². The predicted molar refractivity (Wildman–Crippen MR) is 63.9 cm³/mol. The Hall–Kier alpha value is -1.48. The Balaban J connectivity index is 2.49. The van der Waals surface area contributed by atoms with Gasteiger partial charge in [0.15, 0.2) is 0 Å². The molecule has 1 aromatic rings. The lowest BCUT2D eigenvalue weighted by atomic mass is 10.1.